The average Bonchev–Trinajstić information content (AvgIpc) is 3.33. The van der Waals surface area contributed by atoms with Gasteiger partial charge in [0.15, 0.2) is 5.96 Å². The zero-order valence-corrected chi connectivity index (χ0v) is 21.3. The van der Waals surface area contributed by atoms with Crippen LogP contribution in [0.2, 0.25) is 0 Å². The van der Waals surface area contributed by atoms with Crippen molar-refractivity contribution in [2.45, 2.75) is 38.6 Å². The second kappa shape index (κ2) is 13.8. The number of halogens is 1. The molecule has 2 fully saturated rings. The molecule has 1 unspecified atom stereocenters. The number of hydrogen-bond donors (Lipinski definition) is 1. The van der Waals surface area contributed by atoms with Crippen LogP contribution < -0.4 is 10.1 Å². The van der Waals surface area contributed by atoms with Crippen LogP contribution in [0.25, 0.3) is 0 Å². The van der Waals surface area contributed by atoms with Gasteiger partial charge in [-0.1, -0.05) is 18.2 Å². The molecule has 0 spiro atoms. The summed E-state index contributed by atoms with van der Waals surface area (Å²) in [5.74, 6) is 2.18. The Labute approximate surface area is 204 Å². The van der Waals surface area contributed by atoms with Crippen molar-refractivity contribution in [3.8, 4) is 5.75 Å². The maximum absolute atomic E-state index is 12.7. The number of nitrogens with one attached hydrogen (secondary N) is 1. The molecule has 1 amide bonds. The van der Waals surface area contributed by atoms with Crippen LogP contribution in [0.1, 0.15) is 32.6 Å². The van der Waals surface area contributed by atoms with Gasteiger partial charge >= 0.3 is 0 Å². The smallest absolute Gasteiger partial charge is 0.239 e. The van der Waals surface area contributed by atoms with Crippen molar-refractivity contribution >= 4 is 35.8 Å². The normalized spacial score (nSPS) is 18.5. The summed E-state index contributed by atoms with van der Waals surface area (Å²) in [5.41, 5.74) is 0. The first-order valence-corrected chi connectivity index (χ1v) is 11.4. The van der Waals surface area contributed by atoms with Gasteiger partial charge in [0, 0.05) is 52.9 Å². The number of benzene rings is 1. The molecule has 1 aromatic carbocycles. The van der Waals surface area contributed by atoms with Gasteiger partial charge in [-0.2, -0.15) is 0 Å². The number of para-hydroxylation sites is 1. The highest BCUT2D eigenvalue weighted by Crippen LogP contribution is 2.14. The quantitative estimate of drug-likeness (QED) is 0.237. The highest BCUT2D eigenvalue weighted by atomic mass is 127. The monoisotopic (exact) mass is 543 g/mol. The molecule has 7 nitrogen and oxygen atoms in total. The van der Waals surface area contributed by atoms with E-state index in [1.165, 1.54) is 0 Å². The Bertz CT molecular complexity index is 674. The molecule has 0 saturated carbocycles. The van der Waals surface area contributed by atoms with E-state index in [1.807, 2.05) is 42.3 Å². The standard InChI is InChI=1S/C23H37N5O2.HI/c1-20(22(29)27-13-7-8-14-27)26-15-17-28(18-16-26)23(24-2)25-12-6-9-19-30-21-10-4-3-5-11-21;/h3-5,10-11,20H,6-9,12-19H2,1-2H3,(H,24,25);1H. The van der Waals surface area contributed by atoms with Crippen LogP contribution in [0.3, 0.4) is 0 Å². The Balaban J connectivity index is 0.00000341. The SMILES string of the molecule is CN=C(NCCCCOc1ccccc1)N1CCN(C(C)C(=O)N2CCCC2)CC1.I. The molecule has 2 aliphatic rings. The lowest BCUT2D eigenvalue weighted by atomic mass is 10.2. The Kier molecular flexibility index (Phi) is 11.4. The zero-order valence-electron chi connectivity index (χ0n) is 19.0. The maximum atomic E-state index is 12.7. The number of piperazine rings is 1. The molecule has 31 heavy (non-hydrogen) atoms. The molecule has 0 aromatic heterocycles. The van der Waals surface area contributed by atoms with E-state index in [9.17, 15) is 4.79 Å². The van der Waals surface area contributed by atoms with Gasteiger partial charge < -0.3 is 19.9 Å². The van der Waals surface area contributed by atoms with E-state index in [-0.39, 0.29) is 30.0 Å². The fourth-order valence-electron chi connectivity index (χ4n) is 4.15. The molecule has 8 heteroatoms. The molecular weight excluding hydrogens is 505 g/mol. The number of carbonyl (C=O) groups is 1. The Morgan fingerprint density at radius 2 is 1.71 bits per heavy atom. The van der Waals surface area contributed by atoms with E-state index < -0.39 is 0 Å². The topological polar surface area (TPSA) is 60.4 Å². The first-order valence-electron chi connectivity index (χ1n) is 11.4. The van der Waals surface area contributed by atoms with E-state index in [2.05, 4.69) is 27.0 Å². The number of ether oxygens (including phenoxy) is 1. The van der Waals surface area contributed by atoms with Crippen LogP contribution in [0.4, 0.5) is 0 Å². The molecule has 2 saturated heterocycles. The predicted molar refractivity (Wildman–Crippen MR) is 136 cm³/mol. The summed E-state index contributed by atoms with van der Waals surface area (Å²) in [5, 5.41) is 3.48. The third-order valence-corrected chi connectivity index (χ3v) is 6.01. The van der Waals surface area contributed by atoms with Gasteiger partial charge in [0.2, 0.25) is 5.91 Å². The van der Waals surface area contributed by atoms with Gasteiger partial charge in [-0.25, -0.2) is 0 Å². The fraction of sp³-hybridized carbons (Fsp3) is 0.652. The number of rotatable bonds is 8. The number of likely N-dealkylation sites (tertiary alicyclic amines) is 1. The Morgan fingerprint density at radius 1 is 1.03 bits per heavy atom. The second-order valence-corrected chi connectivity index (χ2v) is 8.07. The molecule has 174 valence electrons. The summed E-state index contributed by atoms with van der Waals surface area (Å²) in [6.07, 6.45) is 4.33. The molecule has 0 radical (unpaired) electrons. The minimum absolute atomic E-state index is 0. The summed E-state index contributed by atoms with van der Waals surface area (Å²) in [4.78, 5) is 23.7. The summed E-state index contributed by atoms with van der Waals surface area (Å²) in [6.45, 7) is 9.11. The summed E-state index contributed by atoms with van der Waals surface area (Å²) >= 11 is 0. The average molecular weight is 543 g/mol. The van der Waals surface area contributed by atoms with Crippen molar-refractivity contribution in [3.05, 3.63) is 30.3 Å². The number of unbranched alkanes of at least 4 members (excludes halogenated alkanes) is 1. The van der Waals surface area contributed by atoms with E-state index in [4.69, 9.17) is 4.74 Å². The first kappa shape index (κ1) is 25.7. The van der Waals surface area contributed by atoms with Crippen molar-refractivity contribution in [2.24, 2.45) is 4.99 Å². The van der Waals surface area contributed by atoms with E-state index in [0.717, 1.165) is 89.8 Å². The summed E-state index contributed by atoms with van der Waals surface area (Å²) in [6, 6.07) is 9.92. The van der Waals surface area contributed by atoms with E-state index in [1.54, 1.807) is 0 Å². The number of carbonyl (C=O) groups excluding carboxylic acids is 1. The van der Waals surface area contributed by atoms with Gasteiger partial charge in [-0.15, -0.1) is 24.0 Å². The molecule has 1 atom stereocenters. The number of nitrogens with zero attached hydrogens (tertiary/aromatic N) is 4. The van der Waals surface area contributed by atoms with Crippen molar-refractivity contribution in [1.82, 2.24) is 20.0 Å². The maximum Gasteiger partial charge on any atom is 0.239 e. The lowest BCUT2D eigenvalue weighted by Gasteiger charge is -2.39. The van der Waals surface area contributed by atoms with Crippen molar-refractivity contribution in [1.29, 1.82) is 0 Å². The van der Waals surface area contributed by atoms with Crippen LogP contribution in [-0.2, 0) is 4.79 Å². The number of amides is 1. The number of hydrogen-bond acceptors (Lipinski definition) is 4. The Morgan fingerprint density at radius 3 is 2.35 bits per heavy atom. The van der Waals surface area contributed by atoms with Gasteiger partial charge in [0.1, 0.15) is 5.75 Å². The third-order valence-electron chi connectivity index (χ3n) is 6.01. The summed E-state index contributed by atoms with van der Waals surface area (Å²) < 4.78 is 5.74. The Hall–Kier alpha value is -1.55. The highest BCUT2D eigenvalue weighted by molar-refractivity contribution is 14.0. The third kappa shape index (κ3) is 7.82. The molecule has 2 heterocycles. The number of aliphatic imine (C=N–C) groups is 1. The first-order chi connectivity index (χ1) is 14.7. The molecule has 0 aliphatic carbocycles. The minimum Gasteiger partial charge on any atom is -0.494 e. The van der Waals surface area contributed by atoms with Gasteiger partial charge in [0.05, 0.1) is 12.6 Å². The van der Waals surface area contributed by atoms with Crippen LogP contribution in [-0.4, -0.2) is 92.1 Å². The van der Waals surface area contributed by atoms with E-state index >= 15 is 0 Å². The highest BCUT2D eigenvalue weighted by Gasteiger charge is 2.30. The second-order valence-electron chi connectivity index (χ2n) is 8.07. The zero-order chi connectivity index (χ0) is 21.2. The fourth-order valence-corrected chi connectivity index (χ4v) is 4.15. The van der Waals surface area contributed by atoms with Gasteiger partial charge in [-0.05, 0) is 44.7 Å². The number of guanidine groups is 1. The van der Waals surface area contributed by atoms with Crippen molar-refractivity contribution < 1.29 is 9.53 Å². The van der Waals surface area contributed by atoms with Crippen molar-refractivity contribution in [2.75, 3.05) is 59.5 Å². The summed E-state index contributed by atoms with van der Waals surface area (Å²) in [7, 11) is 1.84. The molecule has 1 N–H and O–H groups in total. The lowest BCUT2D eigenvalue weighted by Crippen LogP contribution is -2.57. The van der Waals surface area contributed by atoms with Gasteiger partial charge in [0.25, 0.3) is 0 Å². The largest absolute Gasteiger partial charge is 0.494 e. The lowest BCUT2D eigenvalue weighted by molar-refractivity contribution is -0.135. The van der Waals surface area contributed by atoms with Crippen molar-refractivity contribution in [3.63, 3.8) is 0 Å². The molecular formula is C23H38IN5O2. The molecule has 1 aromatic rings. The predicted octanol–water partition coefficient (Wildman–Crippen LogP) is 2.67. The van der Waals surface area contributed by atoms with Gasteiger partial charge in [-0.3, -0.25) is 14.7 Å². The van der Waals surface area contributed by atoms with Crippen LogP contribution in [0.15, 0.2) is 35.3 Å². The van der Waals surface area contributed by atoms with Crippen LogP contribution in [0.5, 0.6) is 5.75 Å². The molecule has 3 rings (SSSR count). The molecule has 2 aliphatic heterocycles. The van der Waals surface area contributed by atoms with Crippen LogP contribution in [0, 0.1) is 0 Å². The van der Waals surface area contributed by atoms with E-state index in [0.29, 0.717) is 5.91 Å². The minimum atomic E-state index is -0.0233. The molecule has 0 bridgehead atoms. The van der Waals surface area contributed by atoms with Crippen LogP contribution >= 0.6 is 24.0 Å².